The molecule has 2 N–H and O–H groups in total. The number of aryl methyl sites for hydroxylation is 1. The number of nitrogens with zero attached hydrogens (tertiary/aromatic N) is 2. The molecular weight excluding hydrogens is 328 g/mol. The summed E-state index contributed by atoms with van der Waals surface area (Å²) in [7, 11) is 0. The molecule has 1 aromatic heterocycles. The first-order chi connectivity index (χ1) is 12.5. The number of hydrogen-bond donors (Lipinski definition) is 2. The highest BCUT2D eigenvalue weighted by atomic mass is 16.2. The number of aromatic nitrogens is 1. The first-order valence-electron chi connectivity index (χ1n) is 8.84. The van der Waals surface area contributed by atoms with Crippen LogP contribution in [0.4, 0.5) is 11.4 Å². The van der Waals surface area contributed by atoms with Crippen LogP contribution in [0.3, 0.4) is 0 Å². The smallest absolute Gasteiger partial charge is 0.233 e. The largest absolute Gasteiger partial charge is 0.372 e. The van der Waals surface area contributed by atoms with Gasteiger partial charge < -0.3 is 15.5 Å². The summed E-state index contributed by atoms with van der Waals surface area (Å²) in [6.45, 7) is 8.39. The Bertz CT molecular complexity index is 743. The third-order valence-corrected chi connectivity index (χ3v) is 4.15. The van der Waals surface area contributed by atoms with Gasteiger partial charge in [0.25, 0.3) is 0 Å². The summed E-state index contributed by atoms with van der Waals surface area (Å²) < 4.78 is 0. The van der Waals surface area contributed by atoms with Crippen molar-refractivity contribution in [3.8, 4) is 0 Å². The minimum absolute atomic E-state index is 0.211. The second-order valence-corrected chi connectivity index (χ2v) is 6.03. The number of hydrogen-bond acceptors (Lipinski definition) is 4. The number of carbonyl (C=O) groups is 2. The maximum Gasteiger partial charge on any atom is 0.233 e. The lowest BCUT2D eigenvalue weighted by molar-refractivity contribution is -0.126. The van der Waals surface area contributed by atoms with Gasteiger partial charge in [0, 0.05) is 43.4 Å². The molecule has 0 bridgehead atoms. The van der Waals surface area contributed by atoms with Crippen molar-refractivity contribution < 1.29 is 9.59 Å². The molecule has 6 heteroatoms. The van der Waals surface area contributed by atoms with E-state index in [1.807, 2.05) is 31.2 Å². The van der Waals surface area contributed by atoms with Crippen LogP contribution < -0.4 is 15.5 Å². The van der Waals surface area contributed by atoms with Crippen LogP contribution in [0.5, 0.6) is 0 Å². The van der Waals surface area contributed by atoms with Crippen LogP contribution in [0.1, 0.15) is 31.4 Å². The number of amides is 2. The molecule has 6 nitrogen and oxygen atoms in total. The Morgan fingerprint density at radius 2 is 1.88 bits per heavy atom. The molecule has 1 aromatic carbocycles. The SMILES string of the molecule is CCN(CC)c1ccc(NC(=O)CC(=O)NCc2cccnc2)c(C)c1. The molecule has 0 saturated carbocycles. The lowest BCUT2D eigenvalue weighted by Crippen LogP contribution is -2.28. The van der Waals surface area contributed by atoms with E-state index in [1.54, 1.807) is 18.5 Å². The Morgan fingerprint density at radius 1 is 1.12 bits per heavy atom. The molecule has 0 fully saturated rings. The van der Waals surface area contributed by atoms with Gasteiger partial charge in [-0.05, 0) is 56.2 Å². The fourth-order valence-corrected chi connectivity index (χ4v) is 2.68. The van der Waals surface area contributed by atoms with E-state index in [4.69, 9.17) is 0 Å². The van der Waals surface area contributed by atoms with Crippen molar-refractivity contribution in [3.05, 3.63) is 53.9 Å². The van der Waals surface area contributed by atoms with Crippen LogP contribution >= 0.6 is 0 Å². The van der Waals surface area contributed by atoms with E-state index in [2.05, 4.69) is 34.4 Å². The second-order valence-electron chi connectivity index (χ2n) is 6.03. The van der Waals surface area contributed by atoms with Gasteiger partial charge in [-0.15, -0.1) is 0 Å². The Kier molecular flexibility index (Phi) is 7.14. The van der Waals surface area contributed by atoms with Crippen molar-refractivity contribution in [2.45, 2.75) is 33.7 Å². The highest BCUT2D eigenvalue weighted by Gasteiger charge is 2.12. The number of anilines is 2. The fraction of sp³-hybridized carbons (Fsp3) is 0.350. The number of carbonyl (C=O) groups excluding carboxylic acids is 2. The summed E-state index contributed by atoms with van der Waals surface area (Å²) >= 11 is 0. The molecular formula is C20H26N4O2. The fourth-order valence-electron chi connectivity index (χ4n) is 2.68. The quantitative estimate of drug-likeness (QED) is 0.715. The van der Waals surface area contributed by atoms with E-state index in [0.29, 0.717) is 6.54 Å². The van der Waals surface area contributed by atoms with E-state index >= 15 is 0 Å². The zero-order valence-electron chi connectivity index (χ0n) is 15.6. The van der Waals surface area contributed by atoms with E-state index in [-0.39, 0.29) is 18.2 Å². The van der Waals surface area contributed by atoms with Crippen molar-refractivity contribution in [1.82, 2.24) is 10.3 Å². The second kappa shape index (κ2) is 9.56. The molecule has 0 aliphatic heterocycles. The molecule has 0 radical (unpaired) electrons. The summed E-state index contributed by atoms with van der Waals surface area (Å²) in [6, 6.07) is 9.59. The summed E-state index contributed by atoms with van der Waals surface area (Å²) in [5.74, 6) is -0.642. The third kappa shape index (κ3) is 5.58. The minimum atomic E-state index is -0.327. The zero-order valence-corrected chi connectivity index (χ0v) is 15.6. The average Bonchev–Trinajstić information content (AvgIpc) is 2.64. The van der Waals surface area contributed by atoms with Gasteiger partial charge in [-0.25, -0.2) is 0 Å². The van der Waals surface area contributed by atoms with Gasteiger partial charge in [0.05, 0.1) is 0 Å². The van der Waals surface area contributed by atoms with Crippen molar-refractivity contribution >= 4 is 23.2 Å². The van der Waals surface area contributed by atoms with Crippen molar-refractivity contribution in [2.75, 3.05) is 23.3 Å². The van der Waals surface area contributed by atoms with E-state index in [1.165, 1.54) is 0 Å². The number of benzene rings is 1. The molecule has 0 unspecified atom stereocenters. The van der Waals surface area contributed by atoms with Crippen LogP contribution in [0.25, 0.3) is 0 Å². The van der Waals surface area contributed by atoms with Crippen LogP contribution in [-0.4, -0.2) is 29.9 Å². The summed E-state index contributed by atoms with van der Waals surface area (Å²) in [4.78, 5) is 30.3. The van der Waals surface area contributed by atoms with Crippen molar-refractivity contribution in [2.24, 2.45) is 0 Å². The van der Waals surface area contributed by atoms with E-state index in [0.717, 1.165) is 35.6 Å². The van der Waals surface area contributed by atoms with E-state index < -0.39 is 0 Å². The highest BCUT2D eigenvalue weighted by molar-refractivity contribution is 6.03. The van der Waals surface area contributed by atoms with Crippen LogP contribution in [0.15, 0.2) is 42.7 Å². The maximum absolute atomic E-state index is 12.1. The molecule has 0 saturated heterocycles. The van der Waals surface area contributed by atoms with Crippen molar-refractivity contribution in [1.29, 1.82) is 0 Å². The lowest BCUT2D eigenvalue weighted by atomic mass is 10.1. The minimum Gasteiger partial charge on any atom is -0.372 e. The Balaban J connectivity index is 1.88. The zero-order chi connectivity index (χ0) is 18.9. The van der Waals surface area contributed by atoms with Crippen LogP contribution in [0, 0.1) is 6.92 Å². The standard InChI is InChI=1S/C20H26N4O2/c1-4-24(5-2)17-8-9-18(15(3)11-17)23-20(26)12-19(25)22-14-16-7-6-10-21-13-16/h6-11,13H,4-5,12,14H2,1-3H3,(H,22,25)(H,23,26). The van der Waals surface area contributed by atoms with Gasteiger partial charge in [0.2, 0.25) is 11.8 Å². The first kappa shape index (κ1) is 19.4. The lowest BCUT2D eigenvalue weighted by Gasteiger charge is -2.22. The van der Waals surface area contributed by atoms with Crippen molar-refractivity contribution in [3.63, 3.8) is 0 Å². The Morgan fingerprint density at radius 3 is 2.50 bits per heavy atom. The summed E-state index contributed by atoms with van der Waals surface area (Å²) in [5, 5.41) is 5.53. The molecule has 0 aliphatic rings. The Labute approximate surface area is 154 Å². The van der Waals surface area contributed by atoms with Gasteiger partial charge in [0.15, 0.2) is 0 Å². The number of rotatable bonds is 8. The molecule has 0 aliphatic carbocycles. The van der Waals surface area contributed by atoms with Gasteiger partial charge in [-0.3, -0.25) is 14.6 Å². The molecule has 2 amide bonds. The molecule has 26 heavy (non-hydrogen) atoms. The maximum atomic E-state index is 12.1. The highest BCUT2D eigenvalue weighted by Crippen LogP contribution is 2.22. The number of nitrogens with one attached hydrogen (secondary N) is 2. The predicted octanol–water partition coefficient (Wildman–Crippen LogP) is 2.88. The van der Waals surface area contributed by atoms with E-state index in [9.17, 15) is 9.59 Å². The van der Waals surface area contributed by atoms with Crippen LogP contribution in [-0.2, 0) is 16.1 Å². The molecule has 2 aromatic rings. The van der Waals surface area contributed by atoms with Gasteiger partial charge in [-0.1, -0.05) is 6.07 Å². The molecule has 0 spiro atoms. The molecule has 138 valence electrons. The summed E-state index contributed by atoms with van der Waals surface area (Å²) in [5.41, 5.74) is 3.72. The third-order valence-electron chi connectivity index (χ3n) is 4.15. The molecule has 0 atom stereocenters. The predicted molar refractivity (Wildman–Crippen MR) is 104 cm³/mol. The number of pyridine rings is 1. The molecule has 2 rings (SSSR count). The average molecular weight is 354 g/mol. The monoisotopic (exact) mass is 354 g/mol. The topological polar surface area (TPSA) is 74.3 Å². The van der Waals surface area contributed by atoms with Gasteiger partial charge in [-0.2, -0.15) is 0 Å². The summed E-state index contributed by atoms with van der Waals surface area (Å²) in [6.07, 6.45) is 3.14. The van der Waals surface area contributed by atoms with Gasteiger partial charge in [0.1, 0.15) is 6.42 Å². The first-order valence-corrected chi connectivity index (χ1v) is 8.84. The Hall–Kier alpha value is -2.89. The normalized spacial score (nSPS) is 10.3. The van der Waals surface area contributed by atoms with Crippen LogP contribution in [0.2, 0.25) is 0 Å². The van der Waals surface area contributed by atoms with Gasteiger partial charge >= 0.3 is 0 Å². The molecule has 1 heterocycles.